The van der Waals surface area contributed by atoms with Gasteiger partial charge in [-0.2, -0.15) is 0 Å². The standard InChI is InChI=1S/C18H20N2O2/c1-12(21)19-15-7-8-17(18(11-15)22-2)20-16-9-13-5-3-4-6-14(13)10-16/h3-8,11,16,20H,9-10H2,1-2H3,(H,19,21). The summed E-state index contributed by atoms with van der Waals surface area (Å²) >= 11 is 0. The summed E-state index contributed by atoms with van der Waals surface area (Å²) < 4.78 is 5.44. The number of carbonyl (C=O) groups is 1. The van der Waals surface area contributed by atoms with Gasteiger partial charge in [0.1, 0.15) is 5.75 Å². The van der Waals surface area contributed by atoms with Crippen LogP contribution in [0.1, 0.15) is 18.1 Å². The molecule has 0 aliphatic heterocycles. The van der Waals surface area contributed by atoms with Crippen LogP contribution < -0.4 is 15.4 Å². The third kappa shape index (κ3) is 3.06. The molecule has 0 bridgehead atoms. The number of methoxy groups -OCH3 is 1. The first-order valence-corrected chi connectivity index (χ1v) is 7.44. The minimum atomic E-state index is -0.0889. The van der Waals surface area contributed by atoms with E-state index < -0.39 is 0 Å². The van der Waals surface area contributed by atoms with Crippen molar-refractivity contribution in [3.63, 3.8) is 0 Å². The number of ether oxygens (including phenoxy) is 1. The molecule has 3 rings (SSSR count). The largest absolute Gasteiger partial charge is 0.495 e. The predicted molar refractivity (Wildman–Crippen MR) is 88.6 cm³/mol. The smallest absolute Gasteiger partial charge is 0.221 e. The van der Waals surface area contributed by atoms with Gasteiger partial charge in [-0.25, -0.2) is 0 Å². The molecule has 0 saturated carbocycles. The lowest BCUT2D eigenvalue weighted by Crippen LogP contribution is -2.20. The second-order valence-electron chi connectivity index (χ2n) is 5.61. The van der Waals surface area contributed by atoms with Crippen molar-refractivity contribution in [1.29, 1.82) is 0 Å². The Hall–Kier alpha value is -2.49. The Kier molecular flexibility index (Phi) is 4.00. The normalized spacial score (nSPS) is 13.5. The number of nitrogens with one attached hydrogen (secondary N) is 2. The van der Waals surface area contributed by atoms with Crippen LogP contribution in [0.4, 0.5) is 11.4 Å². The van der Waals surface area contributed by atoms with Gasteiger partial charge in [-0.1, -0.05) is 24.3 Å². The van der Waals surface area contributed by atoms with Gasteiger partial charge in [0.15, 0.2) is 0 Å². The summed E-state index contributed by atoms with van der Waals surface area (Å²) in [5.74, 6) is 0.649. The molecule has 1 aliphatic rings. The van der Waals surface area contributed by atoms with Crippen molar-refractivity contribution < 1.29 is 9.53 Å². The van der Waals surface area contributed by atoms with Crippen LogP contribution in [0, 0.1) is 0 Å². The van der Waals surface area contributed by atoms with Gasteiger partial charge in [-0.3, -0.25) is 4.79 Å². The van der Waals surface area contributed by atoms with Crippen LogP contribution in [0.25, 0.3) is 0 Å². The maximum atomic E-state index is 11.1. The first kappa shape index (κ1) is 14.4. The second-order valence-corrected chi connectivity index (χ2v) is 5.61. The maximum absolute atomic E-state index is 11.1. The summed E-state index contributed by atoms with van der Waals surface area (Å²) in [7, 11) is 1.64. The van der Waals surface area contributed by atoms with Crippen LogP contribution in [0.3, 0.4) is 0 Å². The van der Waals surface area contributed by atoms with Crippen LogP contribution in [0.2, 0.25) is 0 Å². The van der Waals surface area contributed by atoms with Crippen molar-refractivity contribution >= 4 is 17.3 Å². The molecule has 1 amide bonds. The van der Waals surface area contributed by atoms with E-state index in [4.69, 9.17) is 4.74 Å². The summed E-state index contributed by atoms with van der Waals surface area (Å²) in [6, 6.07) is 14.6. The van der Waals surface area contributed by atoms with Gasteiger partial charge in [0.2, 0.25) is 5.91 Å². The van der Waals surface area contributed by atoms with E-state index >= 15 is 0 Å². The molecule has 0 radical (unpaired) electrons. The Balaban J connectivity index is 1.74. The molecule has 0 fully saturated rings. The summed E-state index contributed by atoms with van der Waals surface area (Å²) in [6.45, 7) is 1.49. The van der Waals surface area contributed by atoms with Crippen LogP contribution in [-0.4, -0.2) is 19.1 Å². The summed E-state index contributed by atoms with van der Waals surface area (Å²) in [6.07, 6.45) is 2.04. The lowest BCUT2D eigenvalue weighted by molar-refractivity contribution is -0.114. The zero-order chi connectivity index (χ0) is 15.5. The summed E-state index contributed by atoms with van der Waals surface area (Å²) in [4.78, 5) is 11.1. The maximum Gasteiger partial charge on any atom is 0.221 e. The van der Waals surface area contributed by atoms with Gasteiger partial charge >= 0.3 is 0 Å². The summed E-state index contributed by atoms with van der Waals surface area (Å²) in [5, 5.41) is 6.32. The minimum absolute atomic E-state index is 0.0889. The Labute approximate surface area is 130 Å². The van der Waals surface area contributed by atoms with Gasteiger partial charge in [0.05, 0.1) is 12.8 Å². The molecule has 2 N–H and O–H groups in total. The van der Waals surface area contributed by atoms with E-state index in [-0.39, 0.29) is 5.91 Å². The molecule has 114 valence electrons. The van der Waals surface area contributed by atoms with E-state index in [0.29, 0.717) is 6.04 Å². The highest BCUT2D eigenvalue weighted by molar-refractivity contribution is 5.89. The molecule has 1 aliphatic carbocycles. The SMILES string of the molecule is COc1cc(NC(C)=O)ccc1NC1Cc2ccccc2C1. The van der Waals surface area contributed by atoms with Gasteiger partial charge < -0.3 is 15.4 Å². The number of hydrogen-bond acceptors (Lipinski definition) is 3. The van der Waals surface area contributed by atoms with Crippen LogP contribution >= 0.6 is 0 Å². The fraction of sp³-hybridized carbons (Fsp3) is 0.278. The average molecular weight is 296 g/mol. The quantitative estimate of drug-likeness (QED) is 0.910. The first-order valence-electron chi connectivity index (χ1n) is 7.44. The highest BCUT2D eigenvalue weighted by Gasteiger charge is 2.21. The zero-order valence-electron chi connectivity index (χ0n) is 12.8. The Morgan fingerprint density at radius 3 is 2.41 bits per heavy atom. The highest BCUT2D eigenvalue weighted by atomic mass is 16.5. The van der Waals surface area contributed by atoms with Crippen LogP contribution in [-0.2, 0) is 17.6 Å². The zero-order valence-corrected chi connectivity index (χ0v) is 12.8. The van der Waals surface area contributed by atoms with Crippen LogP contribution in [0.15, 0.2) is 42.5 Å². The number of fused-ring (bicyclic) bond motifs is 1. The van der Waals surface area contributed by atoms with Crippen molar-refractivity contribution in [1.82, 2.24) is 0 Å². The molecule has 0 atom stereocenters. The summed E-state index contributed by atoms with van der Waals surface area (Å²) in [5.41, 5.74) is 4.52. The molecule has 4 heteroatoms. The number of carbonyl (C=O) groups excluding carboxylic acids is 1. The third-order valence-electron chi connectivity index (χ3n) is 3.93. The van der Waals surface area contributed by atoms with Gasteiger partial charge in [0, 0.05) is 24.7 Å². The fourth-order valence-corrected chi connectivity index (χ4v) is 2.97. The Bertz CT molecular complexity index is 672. The molecular weight excluding hydrogens is 276 g/mol. The lowest BCUT2D eigenvalue weighted by atomic mass is 10.1. The molecule has 0 spiro atoms. The molecular formula is C18H20N2O2. The van der Waals surface area contributed by atoms with E-state index in [0.717, 1.165) is 30.0 Å². The van der Waals surface area contributed by atoms with E-state index in [2.05, 4.69) is 34.9 Å². The van der Waals surface area contributed by atoms with Crippen molar-refractivity contribution in [2.24, 2.45) is 0 Å². The number of anilines is 2. The average Bonchev–Trinajstić information content (AvgIpc) is 2.90. The molecule has 4 nitrogen and oxygen atoms in total. The van der Waals surface area contributed by atoms with Crippen molar-refractivity contribution in [2.75, 3.05) is 17.7 Å². The monoisotopic (exact) mass is 296 g/mol. The predicted octanol–water partition coefficient (Wildman–Crippen LogP) is 3.23. The second kappa shape index (κ2) is 6.10. The van der Waals surface area contributed by atoms with Gasteiger partial charge in [-0.05, 0) is 36.1 Å². The van der Waals surface area contributed by atoms with E-state index in [1.54, 1.807) is 7.11 Å². The first-order chi connectivity index (χ1) is 10.7. The molecule has 0 saturated heterocycles. The number of rotatable bonds is 4. The van der Waals surface area contributed by atoms with Crippen molar-refractivity contribution in [3.05, 3.63) is 53.6 Å². The Morgan fingerprint density at radius 1 is 1.14 bits per heavy atom. The van der Waals surface area contributed by atoms with E-state index in [1.807, 2.05) is 18.2 Å². The fourth-order valence-electron chi connectivity index (χ4n) is 2.97. The van der Waals surface area contributed by atoms with E-state index in [9.17, 15) is 4.79 Å². The molecule has 0 heterocycles. The molecule has 2 aromatic rings. The van der Waals surface area contributed by atoms with Crippen molar-refractivity contribution in [3.8, 4) is 5.75 Å². The number of hydrogen-bond donors (Lipinski definition) is 2. The highest BCUT2D eigenvalue weighted by Crippen LogP contribution is 2.31. The van der Waals surface area contributed by atoms with Gasteiger partial charge in [-0.15, -0.1) is 0 Å². The molecule has 22 heavy (non-hydrogen) atoms. The molecule has 0 unspecified atom stereocenters. The van der Waals surface area contributed by atoms with Gasteiger partial charge in [0.25, 0.3) is 0 Å². The number of amides is 1. The molecule has 2 aromatic carbocycles. The van der Waals surface area contributed by atoms with E-state index in [1.165, 1.54) is 18.1 Å². The van der Waals surface area contributed by atoms with Crippen LogP contribution in [0.5, 0.6) is 5.75 Å². The Morgan fingerprint density at radius 2 is 1.82 bits per heavy atom. The lowest BCUT2D eigenvalue weighted by Gasteiger charge is -2.17. The third-order valence-corrected chi connectivity index (χ3v) is 3.93. The number of benzene rings is 2. The van der Waals surface area contributed by atoms with Crippen molar-refractivity contribution in [2.45, 2.75) is 25.8 Å². The minimum Gasteiger partial charge on any atom is -0.495 e. The topological polar surface area (TPSA) is 50.4 Å². The molecule has 0 aromatic heterocycles.